The number of hydrogen-bond donors (Lipinski definition) is 1. The summed E-state index contributed by atoms with van der Waals surface area (Å²) < 4.78 is 5.22. The number of carbonyl (C=O) groups is 2. The van der Waals surface area contributed by atoms with E-state index in [1.807, 2.05) is 32.9 Å². The zero-order valence-electron chi connectivity index (χ0n) is 11.6. The minimum absolute atomic E-state index is 0.103. The third-order valence-corrected chi connectivity index (χ3v) is 2.94. The van der Waals surface area contributed by atoms with Crippen molar-refractivity contribution in [2.24, 2.45) is 0 Å². The van der Waals surface area contributed by atoms with Gasteiger partial charge in [0.25, 0.3) is 0 Å². The maximum absolute atomic E-state index is 11.5. The number of carbonyl (C=O) groups excluding carboxylic acids is 2. The van der Waals surface area contributed by atoms with Gasteiger partial charge in [0.1, 0.15) is 5.60 Å². The fraction of sp³-hybridized carbons (Fsp3) is 0.429. The van der Waals surface area contributed by atoms with Gasteiger partial charge in [-0.3, -0.25) is 9.59 Å². The molecule has 0 radical (unpaired) electrons. The Labute approximate surface area is 117 Å². The molecule has 1 rings (SSSR count). The molecule has 4 nitrogen and oxygen atoms in total. The van der Waals surface area contributed by atoms with Crippen LogP contribution in [0.25, 0.3) is 0 Å². The van der Waals surface area contributed by atoms with Gasteiger partial charge in [0.05, 0.1) is 5.75 Å². The molecule has 0 fully saturated rings. The van der Waals surface area contributed by atoms with Gasteiger partial charge in [0.15, 0.2) is 0 Å². The second-order valence-electron chi connectivity index (χ2n) is 5.08. The molecule has 5 heteroatoms. The number of benzene rings is 1. The Hall–Kier alpha value is -1.49. The van der Waals surface area contributed by atoms with Crippen LogP contribution in [0.4, 0.5) is 5.69 Å². The van der Waals surface area contributed by atoms with E-state index in [4.69, 9.17) is 4.74 Å². The standard InChI is InChI=1S/C14H19NO3S/c1-10(16)15-11-5-7-12(8-6-11)19-9-13(17)18-14(2,3)4/h5-8H,9H2,1-4H3,(H,15,16). The molecule has 1 N–H and O–H groups in total. The first-order chi connectivity index (χ1) is 8.76. The number of thioether (sulfide) groups is 1. The second kappa shape index (κ2) is 6.61. The number of amides is 1. The molecular weight excluding hydrogens is 262 g/mol. The maximum Gasteiger partial charge on any atom is 0.316 e. The molecule has 0 spiro atoms. The third-order valence-electron chi connectivity index (χ3n) is 1.95. The minimum Gasteiger partial charge on any atom is -0.459 e. The Morgan fingerprint density at radius 3 is 2.26 bits per heavy atom. The summed E-state index contributed by atoms with van der Waals surface area (Å²) in [6, 6.07) is 7.33. The highest BCUT2D eigenvalue weighted by atomic mass is 32.2. The van der Waals surface area contributed by atoms with E-state index in [0.717, 1.165) is 10.6 Å². The Kier molecular flexibility index (Phi) is 5.42. The van der Waals surface area contributed by atoms with E-state index in [1.165, 1.54) is 18.7 Å². The van der Waals surface area contributed by atoms with Gasteiger partial charge in [-0.2, -0.15) is 0 Å². The van der Waals surface area contributed by atoms with Crippen molar-refractivity contribution in [3.63, 3.8) is 0 Å². The van der Waals surface area contributed by atoms with Crippen LogP contribution in [0.1, 0.15) is 27.7 Å². The molecule has 104 valence electrons. The first kappa shape index (κ1) is 15.6. The lowest BCUT2D eigenvalue weighted by atomic mass is 10.2. The predicted molar refractivity (Wildman–Crippen MR) is 77.3 cm³/mol. The highest BCUT2D eigenvalue weighted by molar-refractivity contribution is 8.00. The maximum atomic E-state index is 11.5. The van der Waals surface area contributed by atoms with Gasteiger partial charge in [-0.15, -0.1) is 11.8 Å². The summed E-state index contributed by atoms with van der Waals surface area (Å²) in [5, 5.41) is 2.69. The molecule has 0 atom stereocenters. The lowest BCUT2D eigenvalue weighted by Gasteiger charge is -2.19. The summed E-state index contributed by atoms with van der Waals surface area (Å²) in [6.07, 6.45) is 0. The molecule has 0 unspecified atom stereocenters. The van der Waals surface area contributed by atoms with Crippen molar-refractivity contribution in [3.8, 4) is 0 Å². The van der Waals surface area contributed by atoms with Gasteiger partial charge in [-0.1, -0.05) is 0 Å². The Morgan fingerprint density at radius 1 is 1.21 bits per heavy atom. The second-order valence-corrected chi connectivity index (χ2v) is 6.13. The zero-order valence-corrected chi connectivity index (χ0v) is 12.5. The van der Waals surface area contributed by atoms with Crippen molar-refractivity contribution in [3.05, 3.63) is 24.3 Å². The van der Waals surface area contributed by atoms with Crippen molar-refractivity contribution >= 4 is 29.3 Å². The first-order valence-corrected chi connectivity index (χ1v) is 6.97. The zero-order chi connectivity index (χ0) is 14.5. The molecule has 0 bridgehead atoms. The number of anilines is 1. The number of hydrogen-bond acceptors (Lipinski definition) is 4. The van der Waals surface area contributed by atoms with Gasteiger partial charge in [-0.05, 0) is 45.0 Å². The summed E-state index contributed by atoms with van der Waals surface area (Å²) in [5.74, 6) is -0.0610. The average molecular weight is 281 g/mol. The summed E-state index contributed by atoms with van der Waals surface area (Å²) in [6.45, 7) is 7.00. The third kappa shape index (κ3) is 6.86. The van der Waals surface area contributed by atoms with Crippen LogP contribution in [0.3, 0.4) is 0 Å². The van der Waals surface area contributed by atoms with Crippen molar-refractivity contribution in [2.45, 2.75) is 38.2 Å². The fourth-order valence-electron chi connectivity index (χ4n) is 1.35. The summed E-state index contributed by atoms with van der Waals surface area (Å²) in [4.78, 5) is 23.4. The molecular formula is C14H19NO3S. The number of esters is 1. The van der Waals surface area contributed by atoms with Crippen LogP contribution in [0.2, 0.25) is 0 Å². The molecule has 1 aromatic carbocycles. The van der Waals surface area contributed by atoms with E-state index in [1.54, 1.807) is 12.1 Å². The molecule has 0 aliphatic carbocycles. The normalized spacial score (nSPS) is 10.9. The Balaban J connectivity index is 2.46. The minimum atomic E-state index is -0.451. The summed E-state index contributed by atoms with van der Waals surface area (Å²) in [7, 11) is 0. The molecule has 19 heavy (non-hydrogen) atoms. The van der Waals surface area contributed by atoms with Crippen LogP contribution in [-0.4, -0.2) is 23.2 Å². The molecule has 0 saturated carbocycles. The van der Waals surface area contributed by atoms with Crippen molar-refractivity contribution < 1.29 is 14.3 Å². The van der Waals surface area contributed by atoms with Crippen molar-refractivity contribution in [2.75, 3.05) is 11.1 Å². The van der Waals surface area contributed by atoms with E-state index in [2.05, 4.69) is 5.32 Å². The van der Waals surface area contributed by atoms with Crippen molar-refractivity contribution in [1.82, 2.24) is 0 Å². The smallest absolute Gasteiger partial charge is 0.316 e. The number of rotatable bonds is 4. The molecule has 0 aliphatic rings. The van der Waals surface area contributed by atoms with Gasteiger partial charge in [-0.25, -0.2) is 0 Å². The van der Waals surface area contributed by atoms with Gasteiger partial charge in [0.2, 0.25) is 5.91 Å². The molecule has 0 heterocycles. The van der Waals surface area contributed by atoms with Gasteiger partial charge in [0, 0.05) is 17.5 Å². The van der Waals surface area contributed by atoms with Crippen LogP contribution >= 0.6 is 11.8 Å². The van der Waals surface area contributed by atoms with E-state index < -0.39 is 5.60 Å². The number of ether oxygens (including phenoxy) is 1. The largest absolute Gasteiger partial charge is 0.459 e. The molecule has 0 saturated heterocycles. The Morgan fingerprint density at radius 2 is 1.79 bits per heavy atom. The van der Waals surface area contributed by atoms with Crippen LogP contribution in [-0.2, 0) is 14.3 Å². The first-order valence-electron chi connectivity index (χ1n) is 5.98. The highest BCUT2D eigenvalue weighted by Gasteiger charge is 2.16. The molecule has 0 aliphatic heterocycles. The lowest BCUT2D eigenvalue weighted by molar-refractivity contribution is -0.151. The topological polar surface area (TPSA) is 55.4 Å². The average Bonchev–Trinajstić information content (AvgIpc) is 2.25. The van der Waals surface area contributed by atoms with E-state index in [9.17, 15) is 9.59 Å². The summed E-state index contributed by atoms with van der Waals surface area (Å²) in [5.41, 5.74) is 0.293. The summed E-state index contributed by atoms with van der Waals surface area (Å²) >= 11 is 1.41. The molecule has 0 aromatic heterocycles. The van der Waals surface area contributed by atoms with E-state index >= 15 is 0 Å². The molecule has 1 amide bonds. The SMILES string of the molecule is CC(=O)Nc1ccc(SCC(=O)OC(C)(C)C)cc1. The number of nitrogens with one attached hydrogen (secondary N) is 1. The van der Waals surface area contributed by atoms with Crippen molar-refractivity contribution in [1.29, 1.82) is 0 Å². The lowest BCUT2D eigenvalue weighted by Crippen LogP contribution is -2.24. The van der Waals surface area contributed by atoms with Gasteiger partial charge >= 0.3 is 5.97 Å². The quantitative estimate of drug-likeness (QED) is 0.680. The Bertz CT molecular complexity index is 449. The predicted octanol–water partition coefficient (Wildman–Crippen LogP) is 3.08. The van der Waals surface area contributed by atoms with E-state index in [-0.39, 0.29) is 17.6 Å². The fourth-order valence-corrected chi connectivity index (χ4v) is 2.02. The highest BCUT2D eigenvalue weighted by Crippen LogP contribution is 2.21. The van der Waals surface area contributed by atoms with Crippen LogP contribution in [0, 0.1) is 0 Å². The van der Waals surface area contributed by atoms with Gasteiger partial charge < -0.3 is 10.1 Å². The van der Waals surface area contributed by atoms with E-state index in [0.29, 0.717) is 0 Å². The van der Waals surface area contributed by atoms with Crippen LogP contribution in [0.15, 0.2) is 29.2 Å². The van der Waals surface area contributed by atoms with Crippen LogP contribution < -0.4 is 5.32 Å². The molecule has 1 aromatic rings. The monoisotopic (exact) mass is 281 g/mol. The van der Waals surface area contributed by atoms with Crippen LogP contribution in [0.5, 0.6) is 0 Å².